The molecular formula is C43H54Cl2FN7O5. The summed E-state index contributed by atoms with van der Waals surface area (Å²) in [5.41, 5.74) is 1.56. The zero-order valence-electron chi connectivity index (χ0n) is 34.5. The van der Waals surface area contributed by atoms with Crippen molar-refractivity contribution in [2.75, 3.05) is 40.8 Å². The number of amides is 3. The molecule has 312 valence electrons. The first-order chi connectivity index (χ1) is 27.3. The van der Waals surface area contributed by atoms with Gasteiger partial charge in [0.1, 0.15) is 28.7 Å². The fraction of sp³-hybridized carbons (Fsp3) is 0.442. The largest absolute Gasteiger partial charge is 0.457 e. The fourth-order valence-electron chi connectivity index (χ4n) is 6.97. The smallest absolute Gasteiger partial charge is 0.410 e. The molecule has 1 aliphatic heterocycles. The highest BCUT2D eigenvalue weighted by molar-refractivity contribution is 6.31. The van der Waals surface area contributed by atoms with Gasteiger partial charge in [0.05, 0.1) is 36.6 Å². The average Bonchev–Trinajstić information content (AvgIpc) is 3.51. The Kier molecular flexibility index (Phi) is 14.5. The molecule has 0 spiro atoms. The molecule has 0 radical (unpaired) electrons. The van der Waals surface area contributed by atoms with E-state index in [4.69, 9.17) is 32.7 Å². The Bertz CT molecular complexity index is 2070. The molecule has 0 aliphatic carbocycles. The second kappa shape index (κ2) is 18.9. The van der Waals surface area contributed by atoms with Crippen LogP contribution in [0.2, 0.25) is 10.0 Å². The van der Waals surface area contributed by atoms with Crippen LogP contribution in [0.25, 0.3) is 11.3 Å². The summed E-state index contributed by atoms with van der Waals surface area (Å²) in [5, 5.41) is 6.54. The van der Waals surface area contributed by atoms with Gasteiger partial charge in [-0.3, -0.25) is 9.59 Å². The van der Waals surface area contributed by atoms with Crippen molar-refractivity contribution in [2.24, 2.45) is 7.05 Å². The van der Waals surface area contributed by atoms with Crippen LogP contribution in [0.5, 0.6) is 11.5 Å². The van der Waals surface area contributed by atoms with Crippen LogP contribution in [-0.4, -0.2) is 100 Å². The number of halogens is 3. The first kappa shape index (κ1) is 44.4. The molecule has 58 heavy (non-hydrogen) atoms. The predicted octanol–water partition coefficient (Wildman–Crippen LogP) is 7.45. The molecule has 12 nitrogen and oxygen atoms in total. The molecule has 0 saturated carbocycles. The molecule has 1 aliphatic rings. The van der Waals surface area contributed by atoms with Crippen LogP contribution in [0, 0.1) is 5.82 Å². The number of piperidine rings is 1. The van der Waals surface area contributed by atoms with Gasteiger partial charge in [-0.1, -0.05) is 35.3 Å². The number of rotatable bonds is 14. The molecule has 5 rings (SSSR count). The zero-order valence-corrected chi connectivity index (χ0v) is 36.0. The third-order valence-electron chi connectivity index (χ3n) is 10.2. The van der Waals surface area contributed by atoms with Crippen LogP contribution in [0.1, 0.15) is 57.5 Å². The second-order valence-corrected chi connectivity index (χ2v) is 17.0. The average molecular weight is 839 g/mol. The number of carbonyl (C=O) groups is 3. The highest BCUT2D eigenvalue weighted by atomic mass is 35.5. The van der Waals surface area contributed by atoms with E-state index in [1.165, 1.54) is 12.1 Å². The number of nitrogens with one attached hydrogen (secondary N) is 2. The number of nitrogens with zero attached hydrogens (tertiary/aromatic N) is 5. The Morgan fingerprint density at radius 3 is 2.36 bits per heavy atom. The maximum Gasteiger partial charge on any atom is 0.410 e. The van der Waals surface area contributed by atoms with E-state index in [-0.39, 0.29) is 41.9 Å². The lowest BCUT2D eigenvalue weighted by atomic mass is 9.81. The lowest BCUT2D eigenvalue weighted by Gasteiger charge is -2.48. The number of hydrogen-bond donors (Lipinski definition) is 2. The Hall–Kier alpha value is -4.69. The van der Waals surface area contributed by atoms with Crippen molar-refractivity contribution in [3.05, 3.63) is 99.7 Å². The van der Waals surface area contributed by atoms with Gasteiger partial charge in [0.15, 0.2) is 0 Å². The monoisotopic (exact) mass is 837 g/mol. The van der Waals surface area contributed by atoms with Crippen molar-refractivity contribution in [3.63, 3.8) is 0 Å². The summed E-state index contributed by atoms with van der Waals surface area (Å²) in [5.74, 6) is 0.213. The molecule has 15 heteroatoms. The third-order valence-corrected chi connectivity index (χ3v) is 10.6. The van der Waals surface area contributed by atoms with Crippen molar-refractivity contribution < 1.29 is 28.2 Å². The lowest BCUT2D eigenvalue weighted by molar-refractivity contribution is -0.139. The van der Waals surface area contributed by atoms with Gasteiger partial charge < -0.3 is 39.4 Å². The van der Waals surface area contributed by atoms with E-state index in [1.54, 1.807) is 48.0 Å². The van der Waals surface area contributed by atoms with Crippen molar-refractivity contribution in [3.8, 4) is 22.8 Å². The van der Waals surface area contributed by atoms with E-state index in [9.17, 15) is 14.4 Å². The highest BCUT2D eigenvalue weighted by Gasteiger charge is 2.43. The number of hydrogen-bond acceptors (Lipinski definition) is 8. The Balaban J connectivity index is 1.22. The Morgan fingerprint density at radius 1 is 1.02 bits per heavy atom. The van der Waals surface area contributed by atoms with Crippen LogP contribution in [0.15, 0.2) is 66.9 Å². The normalized spacial score (nSPS) is 16.2. The molecule has 4 aromatic rings. The van der Waals surface area contributed by atoms with Crippen molar-refractivity contribution in [1.29, 1.82) is 0 Å². The molecule has 2 atom stereocenters. The van der Waals surface area contributed by atoms with Gasteiger partial charge in [0, 0.05) is 54.9 Å². The SMILES string of the molecule is C[C@H](NCc1c(F)cc(Cl)cc1Oc1ccc(-c2cnc(CN(C)C)n2C)cc1)C(=O)NCC(=O)N(C)[C@@]1(Cc2ccc(Cl)cc2)CCCN(C(=O)OC(C)(C)C)C1. The number of carbonyl (C=O) groups excluding carboxylic acids is 3. The van der Waals surface area contributed by atoms with Gasteiger partial charge in [-0.15, -0.1) is 0 Å². The maximum absolute atomic E-state index is 15.4. The summed E-state index contributed by atoms with van der Waals surface area (Å²) in [6, 6.07) is 16.7. The van der Waals surface area contributed by atoms with Gasteiger partial charge in [-0.05, 0) is 115 Å². The van der Waals surface area contributed by atoms with Gasteiger partial charge in [-0.25, -0.2) is 14.2 Å². The molecule has 0 bridgehead atoms. The molecule has 2 N–H and O–H groups in total. The van der Waals surface area contributed by atoms with Crippen LogP contribution >= 0.6 is 23.2 Å². The fourth-order valence-corrected chi connectivity index (χ4v) is 7.29. The predicted molar refractivity (Wildman–Crippen MR) is 225 cm³/mol. The number of imidazole rings is 1. The molecule has 2 heterocycles. The molecule has 3 amide bonds. The van der Waals surface area contributed by atoms with Crippen LogP contribution in [0.3, 0.4) is 0 Å². The molecule has 1 saturated heterocycles. The minimum Gasteiger partial charge on any atom is -0.457 e. The van der Waals surface area contributed by atoms with Crippen LogP contribution in [-0.2, 0) is 40.9 Å². The number of likely N-dealkylation sites (N-methyl/N-ethyl adjacent to an activating group) is 1. The van der Waals surface area contributed by atoms with E-state index in [1.807, 2.05) is 76.9 Å². The minimum absolute atomic E-state index is 0.0623. The van der Waals surface area contributed by atoms with E-state index in [2.05, 4.69) is 20.5 Å². The molecule has 1 aromatic heterocycles. The number of aromatic nitrogens is 2. The molecule has 1 fully saturated rings. The summed E-state index contributed by atoms with van der Waals surface area (Å²) < 4.78 is 29.2. The first-order valence-corrected chi connectivity index (χ1v) is 20.0. The van der Waals surface area contributed by atoms with Crippen molar-refractivity contribution >= 4 is 41.1 Å². The summed E-state index contributed by atoms with van der Waals surface area (Å²) in [7, 11) is 7.65. The van der Waals surface area contributed by atoms with Crippen LogP contribution < -0.4 is 15.4 Å². The van der Waals surface area contributed by atoms with Gasteiger partial charge in [-0.2, -0.15) is 0 Å². The Morgan fingerprint density at radius 2 is 1.71 bits per heavy atom. The van der Waals surface area contributed by atoms with E-state index in [0.29, 0.717) is 43.1 Å². The van der Waals surface area contributed by atoms with Gasteiger partial charge >= 0.3 is 6.09 Å². The second-order valence-electron chi connectivity index (χ2n) is 16.2. The number of likely N-dealkylation sites (tertiary alicyclic amines) is 1. The van der Waals surface area contributed by atoms with E-state index >= 15 is 4.39 Å². The highest BCUT2D eigenvalue weighted by Crippen LogP contribution is 2.34. The Labute approximate surface area is 350 Å². The summed E-state index contributed by atoms with van der Waals surface area (Å²) in [6.45, 7) is 8.17. The maximum atomic E-state index is 15.4. The third kappa shape index (κ3) is 11.5. The molecular weight excluding hydrogens is 784 g/mol. The first-order valence-electron chi connectivity index (χ1n) is 19.3. The van der Waals surface area contributed by atoms with E-state index < -0.39 is 35.0 Å². The van der Waals surface area contributed by atoms with Gasteiger partial charge in [0.2, 0.25) is 11.8 Å². The summed E-state index contributed by atoms with van der Waals surface area (Å²) >= 11 is 12.4. The quantitative estimate of drug-likeness (QED) is 0.134. The minimum atomic E-state index is -0.808. The van der Waals surface area contributed by atoms with Crippen LogP contribution in [0.4, 0.5) is 9.18 Å². The zero-order chi connectivity index (χ0) is 42.4. The summed E-state index contributed by atoms with van der Waals surface area (Å²) in [6.07, 6.45) is 3.13. The lowest BCUT2D eigenvalue weighted by Crippen LogP contribution is -2.62. The summed E-state index contributed by atoms with van der Waals surface area (Å²) in [4.78, 5) is 50.2. The standard InChI is InChI=1S/C43H54Cl2FN7O5/c1-28(47-23-34-35(46)20-32(45)21-37(34)57-33-16-12-30(13-17-33)36-24-48-38(51(36)7)26-50(5)6)40(55)49-25-39(54)52(8)43(22-29-10-14-31(44)15-11-29)18-9-19-53(27-43)41(56)58-42(2,3)4/h10-17,20-21,24,28,47H,9,18-19,22-23,25-27H2,1-8H3,(H,49,55)/t28-,43+/m0/s1. The van der Waals surface area contributed by atoms with Gasteiger partial charge in [0.25, 0.3) is 0 Å². The number of benzene rings is 3. The number of ether oxygens (including phenoxy) is 2. The van der Waals surface area contributed by atoms with Crippen molar-refractivity contribution in [2.45, 2.75) is 77.2 Å². The molecule has 3 aromatic carbocycles. The topological polar surface area (TPSA) is 121 Å². The van der Waals surface area contributed by atoms with E-state index in [0.717, 1.165) is 22.6 Å². The molecule has 0 unspecified atom stereocenters. The van der Waals surface area contributed by atoms with Crippen molar-refractivity contribution in [1.82, 2.24) is 34.9 Å².